The summed E-state index contributed by atoms with van der Waals surface area (Å²) in [5.41, 5.74) is 4.06. The lowest BCUT2D eigenvalue weighted by atomic mass is 9.69. The zero-order valence-electron chi connectivity index (χ0n) is 18.9. The third kappa shape index (κ3) is 4.09. The number of ketones is 1. The van der Waals surface area contributed by atoms with Crippen molar-refractivity contribution in [2.24, 2.45) is 11.8 Å². The van der Waals surface area contributed by atoms with Crippen molar-refractivity contribution in [1.29, 1.82) is 0 Å². The quantitative estimate of drug-likeness (QED) is 0.572. The minimum atomic E-state index is -0.893. The maximum absolute atomic E-state index is 13.6. The molecule has 0 spiro atoms. The number of ether oxygens (including phenoxy) is 2. The molecule has 1 aliphatic carbocycles. The average Bonchev–Trinajstić information content (AvgIpc) is 2.72. The maximum Gasteiger partial charge on any atom is 0.336 e. The molecule has 7 nitrogen and oxygen atoms in total. The number of nitrogens with one attached hydrogen (secondary N) is 1. The molecule has 3 rings (SSSR count). The molecule has 166 valence electrons. The van der Waals surface area contributed by atoms with E-state index in [0.29, 0.717) is 23.3 Å². The van der Waals surface area contributed by atoms with Crippen molar-refractivity contribution in [2.45, 2.75) is 33.1 Å². The van der Waals surface area contributed by atoms with Crippen LogP contribution in [0.15, 0.2) is 46.8 Å². The fourth-order valence-corrected chi connectivity index (χ4v) is 4.46. The SMILES string of the molecule is CCOC(=O)C1=C(C)NC2=C(C(=O)C(C(=O)OC)C(C)C2)C1c1ccc(N(C)C)cc1. The zero-order chi connectivity index (χ0) is 22.9. The van der Waals surface area contributed by atoms with Crippen molar-refractivity contribution >= 4 is 23.4 Å². The summed E-state index contributed by atoms with van der Waals surface area (Å²) in [6, 6.07) is 7.73. The highest BCUT2D eigenvalue weighted by molar-refractivity contribution is 6.12. The summed E-state index contributed by atoms with van der Waals surface area (Å²) in [6.07, 6.45) is 0.514. The molecule has 2 aliphatic rings. The molecule has 0 fully saturated rings. The second kappa shape index (κ2) is 8.96. The highest BCUT2D eigenvalue weighted by Crippen LogP contribution is 2.45. The van der Waals surface area contributed by atoms with Crippen LogP contribution in [0.5, 0.6) is 0 Å². The van der Waals surface area contributed by atoms with Crippen LogP contribution in [0.1, 0.15) is 38.7 Å². The number of carbonyl (C=O) groups is 3. The number of carbonyl (C=O) groups excluding carboxylic acids is 3. The molecule has 1 aliphatic heterocycles. The summed E-state index contributed by atoms with van der Waals surface area (Å²) in [7, 11) is 5.18. The molecular weight excluding hydrogens is 396 g/mol. The first-order chi connectivity index (χ1) is 14.7. The number of nitrogens with zero attached hydrogens (tertiary/aromatic N) is 1. The monoisotopic (exact) mass is 426 g/mol. The van der Waals surface area contributed by atoms with E-state index >= 15 is 0 Å². The van der Waals surface area contributed by atoms with Crippen molar-refractivity contribution in [3.63, 3.8) is 0 Å². The van der Waals surface area contributed by atoms with Crippen LogP contribution >= 0.6 is 0 Å². The first-order valence-electron chi connectivity index (χ1n) is 10.5. The molecule has 1 N–H and O–H groups in total. The fraction of sp³-hybridized carbons (Fsp3) is 0.458. The van der Waals surface area contributed by atoms with E-state index in [0.717, 1.165) is 16.9 Å². The summed E-state index contributed by atoms with van der Waals surface area (Å²) in [5, 5.41) is 3.25. The lowest BCUT2D eigenvalue weighted by Gasteiger charge is -2.38. The molecule has 0 amide bonds. The number of hydrogen-bond donors (Lipinski definition) is 1. The average molecular weight is 427 g/mol. The van der Waals surface area contributed by atoms with Gasteiger partial charge in [-0.1, -0.05) is 19.1 Å². The second-order valence-electron chi connectivity index (χ2n) is 8.24. The number of rotatable bonds is 5. The predicted molar refractivity (Wildman–Crippen MR) is 117 cm³/mol. The van der Waals surface area contributed by atoms with Crippen LogP contribution in [0.4, 0.5) is 5.69 Å². The number of anilines is 1. The van der Waals surface area contributed by atoms with E-state index in [9.17, 15) is 14.4 Å². The van der Waals surface area contributed by atoms with Gasteiger partial charge in [0.15, 0.2) is 5.78 Å². The van der Waals surface area contributed by atoms with Crippen LogP contribution in [0, 0.1) is 11.8 Å². The Labute approximate surface area is 183 Å². The standard InChI is InChI=1S/C24H30N2O5/c1-7-31-24(29)19-14(3)25-17-12-13(2)18(23(28)30-6)22(27)21(17)20(19)15-8-10-16(11-9-15)26(4)5/h8-11,13,18,20,25H,7,12H2,1-6H3. The predicted octanol–water partition coefficient (Wildman–Crippen LogP) is 2.93. The molecule has 1 heterocycles. The summed E-state index contributed by atoms with van der Waals surface area (Å²) in [5.74, 6) is -3.03. The van der Waals surface area contributed by atoms with Gasteiger partial charge in [0.25, 0.3) is 0 Å². The third-order valence-electron chi connectivity index (χ3n) is 5.98. The fourth-order valence-electron chi connectivity index (χ4n) is 4.46. The Morgan fingerprint density at radius 1 is 1.19 bits per heavy atom. The summed E-state index contributed by atoms with van der Waals surface area (Å²) in [6.45, 7) is 5.66. The molecule has 31 heavy (non-hydrogen) atoms. The van der Waals surface area contributed by atoms with Gasteiger partial charge < -0.3 is 19.7 Å². The van der Waals surface area contributed by atoms with Crippen molar-refractivity contribution in [1.82, 2.24) is 5.32 Å². The second-order valence-corrected chi connectivity index (χ2v) is 8.24. The number of Topliss-reactive ketones (excluding diaryl/α,β-unsaturated/α-hetero) is 1. The molecule has 0 saturated carbocycles. The molecule has 1 aromatic rings. The normalized spacial score (nSPS) is 23.2. The van der Waals surface area contributed by atoms with Gasteiger partial charge in [-0.2, -0.15) is 0 Å². The molecule has 0 aromatic heterocycles. The van der Waals surface area contributed by atoms with Gasteiger partial charge in [0.2, 0.25) is 0 Å². The maximum atomic E-state index is 13.6. The number of dihydropyridines is 1. The van der Waals surface area contributed by atoms with Crippen molar-refractivity contribution in [2.75, 3.05) is 32.7 Å². The molecule has 1 aromatic carbocycles. The van der Waals surface area contributed by atoms with E-state index < -0.39 is 23.8 Å². The minimum Gasteiger partial charge on any atom is -0.468 e. The third-order valence-corrected chi connectivity index (χ3v) is 5.98. The largest absolute Gasteiger partial charge is 0.468 e. The van der Waals surface area contributed by atoms with E-state index in [1.807, 2.05) is 57.1 Å². The number of esters is 2. The molecule has 0 radical (unpaired) electrons. The van der Waals surface area contributed by atoms with E-state index in [1.54, 1.807) is 6.92 Å². The molecule has 0 saturated heterocycles. The van der Waals surface area contributed by atoms with Crippen molar-refractivity contribution in [3.8, 4) is 0 Å². The van der Waals surface area contributed by atoms with Gasteiger partial charge >= 0.3 is 11.9 Å². The molecule has 3 unspecified atom stereocenters. The number of allylic oxidation sites excluding steroid dienone is 3. The van der Waals surface area contributed by atoms with E-state index in [-0.39, 0.29) is 18.3 Å². The minimum absolute atomic E-state index is 0.208. The number of hydrogen-bond acceptors (Lipinski definition) is 7. The van der Waals surface area contributed by atoms with Crippen LogP contribution in [0.25, 0.3) is 0 Å². The van der Waals surface area contributed by atoms with Crippen molar-refractivity contribution in [3.05, 3.63) is 52.4 Å². The lowest BCUT2D eigenvalue weighted by Crippen LogP contribution is -2.43. The van der Waals surface area contributed by atoms with Crippen molar-refractivity contribution < 1.29 is 23.9 Å². The summed E-state index contributed by atoms with van der Waals surface area (Å²) < 4.78 is 10.2. The topological polar surface area (TPSA) is 84.9 Å². The van der Waals surface area contributed by atoms with Gasteiger partial charge in [-0.25, -0.2) is 4.79 Å². The molecule has 3 atom stereocenters. The van der Waals surface area contributed by atoms with Gasteiger partial charge in [-0.15, -0.1) is 0 Å². The Balaban J connectivity index is 2.17. The van der Waals surface area contributed by atoms with Crippen LogP contribution in [0.2, 0.25) is 0 Å². The Kier molecular flexibility index (Phi) is 6.53. The molecule has 0 bridgehead atoms. The highest BCUT2D eigenvalue weighted by Gasteiger charge is 2.47. The van der Waals surface area contributed by atoms with E-state index in [4.69, 9.17) is 9.47 Å². The van der Waals surface area contributed by atoms with Crippen LogP contribution in [0.3, 0.4) is 0 Å². The number of methoxy groups -OCH3 is 1. The van der Waals surface area contributed by atoms with Gasteiger partial charge in [0, 0.05) is 42.7 Å². The highest BCUT2D eigenvalue weighted by atomic mass is 16.5. The Hall–Kier alpha value is -3.09. The van der Waals surface area contributed by atoms with Crippen LogP contribution in [-0.2, 0) is 23.9 Å². The zero-order valence-corrected chi connectivity index (χ0v) is 18.9. The molecular formula is C24H30N2O5. The number of benzene rings is 1. The first-order valence-corrected chi connectivity index (χ1v) is 10.5. The van der Waals surface area contributed by atoms with Gasteiger partial charge in [0.1, 0.15) is 5.92 Å². The molecule has 7 heteroatoms. The van der Waals surface area contributed by atoms with Crippen LogP contribution < -0.4 is 10.2 Å². The Bertz CT molecular complexity index is 959. The summed E-state index contributed by atoms with van der Waals surface area (Å²) in [4.78, 5) is 40.9. The summed E-state index contributed by atoms with van der Waals surface area (Å²) >= 11 is 0. The van der Waals surface area contributed by atoms with Gasteiger partial charge in [0.05, 0.1) is 19.3 Å². The first kappa shape index (κ1) is 22.6. The lowest BCUT2D eigenvalue weighted by molar-refractivity contribution is -0.151. The Morgan fingerprint density at radius 2 is 1.84 bits per heavy atom. The van der Waals surface area contributed by atoms with E-state index in [2.05, 4.69) is 5.32 Å². The smallest absolute Gasteiger partial charge is 0.336 e. The van der Waals surface area contributed by atoms with Gasteiger partial charge in [-0.05, 0) is 43.9 Å². The van der Waals surface area contributed by atoms with Crippen LogP contribution in [-0.4, -0.2) is 45.5 Å². The van der Waals surface area contributed by atoms with Gasteiger partial charge in [-0.3, -0.25) is 9.59 Å². The van der Waals surface area contributed by atoms with E-state index in [1.165, 1.54) is 7.11 Å². The Morgan fingerprint density at radius 3 is 2.39 bits per heavy atom.